The Bertz CT molecular complexity index is 594. The molecule has 1 aliphatic heterocycles. The summed E-state index contributed by atoms with van der Waals surface area (Å²) in [4.78, 5) is 18.4. The summed E-state index contributed by atoms with van der Waals surface area (Å²) in [6.07, 6.45) is 6.32. The van der Waals surface area contributed by atoms with Crippen molar-refractivity contribution in [2.75, 3.05) is 19.6 Å². The number of hydrogen-bond acceptors (Lipinski definition) is 3. The number of hydrogen-bond donors (Lipinski definition) is 1. The number of nitrogens with zero attached hydrogens (tertiary/aromatic N) is 3. The minimum atomic E-state index is 0.0860. The monoisotopic (exact) mass is 270 g/mol. The molecule has 0 radical (unpaired) electrons. The summed E-state index contributed by atoms with van der Waals surface area (Å²) in [5.74, 6) is 0.527. The molecule has 0 aliphatic carbocycles. The molecule has 1 fully saturated rings. The zero-order chi connectivity index (χ0) is 13.9. The van der Waals surface area contributed by atoms with Gasteiger partial charge in [0.05, 0.1) is 6.33 Å². The molecule has 1 aliphatic rings. The number of rotatable bonds is 3. The van der Waals surface area contributed by atoms with Crippen LogP contribution in [0.3, 0.4) is 0 Å². The van der Waals surface area contributed by atoms with E-state index in [9.17, 15) is 4.79 Å². The molecule has 2 heterocycles. The van der Waals surface area contributed by atoms with Crippen molar-refractivity contribution in [2.24, 2.45) is 11.7 Å². The van der Waals surface area contributed by atoms with E-state index in [-0.39, 0.29) is 5.91 Å². The summed E-state index contributed by atoms with van der Waals surface area (Å²) in [5.41, 5.74) is 7.34. The molecule has 5 nitrogen and oxygen atoms in total. The van der Waals surface area contributed by atoms with Gasteiger partial charge in [-0.05, 0) is 37.1 Å². The summed E-state index contributed by atoms with van der Waals surface area (Å²) in [5, 5.41) is 0. The molecule has 1 saturated heterocycles. The summed E-state index contributed by atoms with van der Waals surface area (Å²) >= 11 is 0. The van der Waals surface area contributed by atoms with E-state index >= 15 is 0 Å². The Morgan fingerprint density at radius 3 is 3.05 bits per heavy atom. The van der Waals surface area contributed by atoms with Gasteiger partial charge in [0.2, 0.25) is 0 Å². The summed E-state index contributed by atoms with van der Waals surface area (Å²) in [6.45, 7) is 2.22. The van der Waals surface area contributed by atoms with Crippen LogP contribution in [0, 0.1) is 5.92 Å². The Morgan fingerprint density at radius 1 is 1.45 bits per heavy atom. The van der Waals surface area contributed by atoms with Gasteiger partial charge in [-0.1, -0.05) is 6.07 Å². The molecular weight excluding hydrogens is 252 g/mol. The Kier molecular flexibility index (Phi) is 3.52. The van der Waals surface area contributed by atoms with Crippen LogP contribution in [0.4, 0.5) is 0 Å². The molecule has 1 atom stereocenters. The standard InChI is InChI=1S/C15H18N4O/c16-9-12-4-6-18(10-12)15(20)13-2-1-3-14(8-13)19-7-5-17-11-19/h1-3,5,7-8,11-12H,4,6,9-10,16H2. The van der Waals surface area contributed by atoms with Crippen LogP contribution in [0.25, 0.3) is 5.69 Å². The molecule has 1 amide bonds. The highest BCUT2D eigenvalue weighted by Crippen LogP contribution is 2.19. The van der Waals surface area contributed by atoms with Gasteiger partial charge in [0, 0.05) is 36.7 Å². The number of likely N-dealkylation sites (tertiary alicyclic amines) is 1. The van der Waals surface area contributed by atoms with Gasteiger partial charge < -0.3 is 15.2 Å². The van der Waals surface area contributed by atoms with Crippen molar-refractivity contribution in [1.82, 2.24) is 14.5 Å². The van der Waals surface area contributed by atoms with Crippen molar-refractivity contribution >= 4 is 5.91 Å². The molecule has 2 N–H and O–H groups in total. The maximum Gasteiger partial charge on any atom is 0.253 e. The van der Waals surface area contributed by atoms with Crippen molar-refractivity contribution in [2.45, 2.75) is 6.42 Å². The van der Waals surface area contributed by atoms with Crippen LogP contribution in [0.5, 0.6) is 0 Å². The smallest absolute Gasteiger partial charge is 0.253 e. The zero-order valence-corrected chi connectivity index (χ0v) is 11.3. The van der Waals surface area contributed by atoms with E-state index in [1.807, 2.05) is 39.9 Å². The fraction of sp³-hybridized carbons (Fsp3) is 0.333. The third-order valence-electron chi connectivity index (χ3n) is 3.80. The number of amides is 1. The van der Waals surface area contributed by atoms with Crippen LogP contribution >= 0.6 is 0 Å². The van der Waals surface area contributed by atoms with E-state index in [2.05, 4.69) is 4.98 Å². The highest BCUT2D eigenvalue weighted by Gasteiger charge is 2.26. The van der Waals surface area contributed by atoms with E-state index in [1.165, 1.54) is 0 Å². The highest BCUT2D eigenvalue weighted by molar-refractivity contribution is 5.95. The minimum Gasteiger partial charge on any atom is -0.338 e. The third kappa shape index (κ3) is 2.44. The summed E-state index contributed by atoms with van der Waals surface area (Å²) in [7, 11) is 0. The topological polar surface area (TPSA) is 64.2 Å². The summed E-state index contributed by atoms with van der Waals surface area (Å²) < 4.78 is 1.89. The third-order valence-corrected chi connectivity index (χ3v) is 3.80. The number of carbonyl (C=O) groups is 1. The Morgan fingerprint density at radius 2 is 2.35 bits per heavy atom. The zero-order valence-electron chi connectivity index (χ0n) is 11.3. The number of aromatic nitrogens is 2. The lowest BCUT2D eigenvalue weighted by Gasteiger charge is -2.16. The van der Waals surface area contributed by atoms with E-state index in [0.717, 1.165) is 25.2 Å². The van der Waals surface area contributed by atoms with Gasteiger partial charge in [-0.2, -0.15) is 0 Å². The van der Waals surface area contributed by atoms with Crippen molar-refractivity contribution in [3.8, 4) is 5.69 Å². The predicted molar refractivity (Wildman–Crippen MR) is 76.6 cm³/mol. The molecule has 2 aromatic rings. The fourth-order valence-electron chi connectivity index (χ4n) is 2.60. The first-order valence-corrected chi connectivity index (χ1v) is 6.85. The second kappa shape index (κ2) is 5.46. The second-order valence-electron chi connectivity index (χ2n) is 5.16. The molecular formula is C15H18N4O. The quantitative estimate of drug-likeness (QED) is 0.914. The first kappa shape index (κ1) is 12.9. The number of benzene rings is 1. The Labute approximate surface area is 118 Å². The molecule has 3 rings (SSSR count). The molecule has 104 valence electrons. The Balaban J connectivity index is 1.80. The number of imidazole rings is 1. The van der Waals surface area contributed by atoms with Crippen LogP contribution in [0.15, 0.2) is 43.0 Å². The maximum atomic E-state index is 12.5. The molecule has 5 heteroatoms. The molecule has 0 bridgehead atoms. The lowest BCUT2D eigenvalue weighted by molar-refractivity contribution is 0.0787. The van der Waals surface area contributed by atoms with E-state index in [4.69, 9.17) is 5.73 Å². The van der Waals surface area contributed by atoms with E-state index < -0.39 is 0 Å². The van der Waals surface area contributed by atoms with Crippen LogP contribution in [-0.2, 0) is 0 Å². The van der Waals surface area contributed by atoms with Crippen molar-refractivity contribution in [3.63, 3.8) is 0 Å². The minimum absolute atomic E-state index is 0.0860. The average Bonchev–Trinajstić information content (AvgIpc) is 3.17. The van der Waals surface area contributed by atoms with Crippen LogP contribution in [0.2, 0.25) is 0 Å². The number of nitrogens with two attached hydrogens (primary N) is 1. The normalized spacial score (nSPS) is 18.4. The van der Waals surface area contributed by atoms with Gasteiger partial charge in [0.1, 0.15) is 0 Å². The van der Waals surface area contributed by atoms with Gasteiger partial charge in [-0.15, -0.1) is 0 Å². The highest BCUT2D eigenvalue weighted by atomic mass is 16.2. The fourth-order valence-corrected chi connectivity index (χ4v) is 2.60. The predicted octanol–water partition coefficient (Wildman–Crippen LogP) is 1.29. The largest absolute Gasteiger partial charge is 0.338 e. The van der Waals surface area contributed by atoms with Gasteiger partial charge in [-0.3, -0.25) is 4.79 Å². The van der Waals surface area contributed by atoms with Crippen molar-refractivity contribution in [3.05, 3.63) is 48.5 Å². The van der Waals surface area contributed by atoms with Crippen LogP contribution in [0.1, 0.15) is 16.8 Å². The average molecular weight is 270 g/mol. The Hall–Kier alpha value is -2.14. The van der Waals surface area contributed by atoms with Gasteiger partial charge in [0.15, 0.2) is 0 Å². The molecule has 0 saturated carbocycles. The van der Waals surface area contributed by atoms with Crippen LogP contribution < -0.4 is 5.73 Å². The van der Waals surface area contributed by atoms with Crippen LogP contribution in [-0.4, -0.2) is 40.0 Å². The van der Waals surface area contributed by atoms with Gasteiger partial charge in [0.25, 0.3) is 5.91 Å². The van der Waals surface area contributed by atoms with Crippen molar-refractivity contribution in [1.29, 1.82) is 0 Å². The molecule has 1 unspecified atom stereocenters. The molecule has 20 heavy (non-hydrogen) atoms. The van der Waals surface area contributed by atoms with Crippen molar-refractivity contribution < 1.29 is 4.79 Å². The van der Waals surface area contributed by atoms with Gasteiger partial charge in [-0.25, -0.2) is 4.98 Å². The van der Waals surface area contributed by atoms with E-state index in [1.54, 1.807) is 12.5 Å². The first-order chi connectivity index (χ1) is 9.78. The maximum absolute atomic E-state index is 12.5. The van der Waals surface area contributed by atoms with Gasteiger partial charge >= 0.3 is 0 Å². The molecule has 0 spiro atoms. The lowest BCUT2D eigenvalue weighted by Crippen LogP contribution is -2.29. The SMILES string of the molecule is NCC1CCN(C(=O)c2cccc(-n3ccnc3)c2)C1. The summed E-state index contributed by atoms with van der Waals surface area (Å²) in [6, 6.07) is 7.63. The number of carbonyl (C=O) groups excluding carboxylic acids is 1. The van der Waals surface area contributed by atoms with E-state index in [0.29, 0.717) is 18.0 Å². The molecule has 1 aromatic heterocycles. The molecule has 1 aromatic carbocycles. The second-order valence-corrected chi connectivity index (χ2v) is 5.16. The first-order valence-electron chi connectivity index (χ1n) is 6.85. The lowest BCUT2D eigenvalue weighted by atomic mass is 10.1.